The van der Waals surface area contributed by atoms with Crippen LogP contribution in [0.15, 0.2) is 24.3 Å². The molecule has 0 unspecified atom stereocenters. The molecule has 1 aliphatic rings. The van der Waals surface area contributed by atoms with Crippen LogP contribution in [0.2, 0.25) is 0 Å². The Labute approximate surface area is 109 Å². The fraction of sp³-hybridized carbons (Fsp3) is 0.462. The standard InChI is InChI=1S/C13H13F3NO2/c14-13(15,16)11-9-17(6-7-19-11)12(18)8-10-4-2-1-3-5-10/h1-2,4-5,11H,6-9H2/t11-/m1/s1. The highest BCUT2D eigenvalue weighted by Gasteiger charge is 2.44. The number of carbonyl (C=O) groups is 1. The number of nitrogens with zero attached hydrogens (tertiary/aromatic N) is 1. The van der Waals surface area contributed by atoms with Crippen molar-refractivity contribution < 1.29 is 22.7 Å². The first kappa shape index (κ1) is 13.9. The molecule has 3 nitrogen and oxygen atoms in total. The molecule has 1 aromatic rings. The number of rotatable bonds is 2. The number of hydrogen-bond donors (Lipinski definition) is 0. The van der Waals surface area contributed by atoms with Crippen LogP contribution in [-0.4, -0.2) is 42.8 Å². The molecule has 1 fully saturated rings. The average molecular weight is 272 g/mol. The number of amides is 1. The molecule has 1 heterocycles. The first-order valence-corrected chi connectivity index (χ1v) is 5.88. The van der Waals surface area contributed by atoms with Crippen molar-refractivity contribution in [2.75, 3.05) is 19.7 Å². The first-order chi connectivity index (χ1) is 8.97. The second kappa shape index (κ2) is 5.61. The summed E-state index contributed by atoms with van der Waals surface area (Å²) >= 11 is 0. The summed E-state index contributed by atoms with van der Waals surface area (Å²) in [7, 11) is 0. The Kier molecular flexibility index (Phi) is 4.09. The third kappa shape index (κ3) is 3.70. The van der Waals surface area contributed by atoms with E-state index in [4.69, 9.17) is 0 Å². The van der Waals surface area contributed by atoms with Gasteiger partial charge in [-0.05, 0) is 11.6 Å². The first-order valence-electron chi connectivity index (χ1n) is 5.88. The normalized spacial score (nSPS) is 20.4. The Morgan fingerprint density at radius 3 is 2.95 bits per heavy atom. The van der Waals surface area contributed by atoms with Gasteiger partial charge >= 0.3 is 6.18 Å². The second-order valence-electron chi connectivity index (χ2n) is 4.33. The zero-order valence-corrected chi connectivity index (χ0v) is 10.1. The van der Waals surface area contributed by atoms with E-state index in [1.54, 1.807) is 24.3 Å². The van der Waals surface area contributed by atoms with E-state index in [9.17, 15) is 18.0 Å². The molecule has 1 aromatic carbocycles. The highest BCUT2D eigenvalue weighted by atomic mass is 19.4. The second-order valence-corrected chi connectivity index (χ2v) is 4.33. The minimum absolute atomic E-state index is 0.0852. The van der Waals surface area contributed by atoms with Gasteiger partial charge in [0.1, 0.15) is 0 Å². The van der Waals surface area contributed by atoms with Crippen LogP contribution in [0.3, 0.4) is 0 Å². The molecular weight excluding hydrogens is 259 g/mol. The molecule has 0 aromatic heterocycles. The number of benzene rings is 1. The SMILES string of the molecule is O=C(Cc1c[c]ccc1)N1CCO[C@@H](C(F)(F)F)C1. The van der Waals surface area contributed by atoms with Gasteiger partial charge in [-0.15, -0.1) is 0 Å². The summed E-state index contributed by atoms with van der Waals surface area (Å²) in [6.07, 6.45) is -6.23. The molecule has 0 saturated carbocycles. The van der Waals surface area contributed by atoms with E-state index in [1.165, 1.54) is 4.90 Å². The molecule has 6 heteroatoms. The molecule has 0 spiro atoms. The number of carbonyl (C=O) groups excluding carboxylic acids is 1. The van der Waals surface area contributed by atoms with Gasteiger partial charge in [-0.1, -0.05) is 24.3 Å². The lowest BCUT2D eigenvalue weighted by molar-refractivity contribution is -0.236. The lowest BCUT2D eigenvalue weighted by atomic mass is 10.1. The third-order valence-electron chi connectivity index (χ3n) is 2.91. The lowest BCUT2D eigenvalue weighted by Crippen LogP contribution is -2.51. The van der Waals surface area contributed by atoms with Crippen LogP contribution in [-0.2, 0) is 16.0 Å². The van der Waals surface area contributed by atoms with Crippen molar-refractivity contribution in [1.82, 2.24) is 4.90 Å². The quantitative estimate of drug-likeness (QED) is 0.822. The zero-order chi connectivity index (χ0) is 13.9. The molecule has 1 atom stereocenters. The van der Waals surface area contributed by atoms with Gasteiger partial charge in [0.15, 0.2) is 6.10 Å². The Balaban J connectivity index is 1.96. The van der Waals surface area contributed by atoms with E-state index >= 15 is 0 Å². The van der Waals surface area contributed by atoms with Gasteiger partial charge in [0.2, 0.25) is 5.91 Å². The van der Waals surface area contributed by atoms with E-state index in [1.807, 2.05) is 0 Å². The van der Waals surface area contributed by atoms with Crippen molar-refractivity contribution in [2.45, 2.75) is 18.7 Å². The van der Waals surface area contributed by atoms with Gasteiger partial charge < -0.3 is 9.64 Å². The summed E-state index contributed by atoms with van der Waals surface area (Å²) in [5.41, 5.74) is 0.738. The number of ether oxygens (including phenoxy) is 1. The van der Waals surface area contributed by atoms with Gasteiger partial charge in [0, 0.05) is 6.54 Å². The smallest absolute Gasteiger partial charge is 0.365 e. The van der Waals surface area contributed by atoms with Crippen LogP contribution in [0.5, 0.6) is 0 Å². The maximum Gasteiger partial charge on any atom is 0.416 e. The Morgan fingerprint density at radius 2 is 2.32 bits per heavy atom. The summed E-state index contributed by atoms with van der Waals surface area (Å²) in [6.45, 7) is -0.322. The van der Waals surface area contributed by atoms with Crippen LogP contribution in [0, 0.1) is 6.07 Å². The predicted octanol–water partition coefficient (Wildman–Crippen LogP) is 1.82. The Hall–Kier alpha value is -1.56. The summed E-state index contributed by atoms with van der Waals surface area (Å²) < 4.78 is 42.3. The lowest BCUT2D eigenvalue weighted by Gasteiger charge is -2.33. The number of morpholine rings is 1. The molecule has 1 amide bonds. The van der Waals surface area contributed by atoms with Crippen molar-refractivity contribution in [3.8, 4) is 0 Å². The highest BCUT2D eigenvalue weighted by Crippen LogP contribution is 2.25. The van der Waals surface area contributed by atoms with Crippen LogP contribution in [0.1, 0.15) is 5.56 Å². The Morgan fingerprint density at radius 1 is 1.53 bits per heavy atom. The van der Waals surface area contributed by atoms with E-state index in [-0.39, 0.29) is 25.5 Å². The summed E-state index contributed by atoms with van der Waals surface area (Å²) in [5.74, 6) is -0.322. The van der Waals surface area contributed by atoms with E-state index in [0.29, 0.717) is 0 Å². The van der Waals surface area contributed by atoms with E-state index in [0.717, 1.165) is 5.56 Å². The van der Waals surface area contributed by atoms with Gasteiger partial charge in [0.05, 0.1) is 19.6 Å². The molecule has 0 N–H and O–H groups in total. The number of alkyl halides is 3. The van der Waals surface area contributed by atoms with Crippen LogP contribution < -0.4 is 0 Å². The minimum Gasteiger partial charge on any atom is -0.365 e. The average Bonchev–Trinajstić information content (AvgIpc) is 2.39. The van der Waals surface area contributed by atoms with Gasteiger partial charge in [-0.25, -0.2) is 0 Å². The van der Waals surface area contributed by atoms with Crippen LogP contribution in [0.4, 0.5) is 13.2 Å². The molecule has 1 aliphatic heterocycles. The number of halogens is 3. The van der Waals surface area contributed by atoms with Crippen LogP contribution >= 0.6 is 0 Å². The highest BCUT2D eigenvalue weighted by molar-refractivity contribution is 5.78. The van der Waals surface area contributed by atoms with Crippen molar-refractivity contribution in [2.24, 2.45) is 0 Å². The third-order valence-corrected chi connectivity index (χ3v) is 2.91. The largest absolute Gasteiger partial charge is 0.416 e. The number of hydrogen-bond acceptors (Lipinski definition) is 2. The van der Waals surface area contributed by atoms with Crippen molar-refractivity contribution >= 4 is 5.91 Å². The van der Waals surface area contributed by atoms with E-state index in [2.05, 4.69) is 10.8 Å². The maximum atomic E-state index is 12.5. The molecule has 0 bridgehead atoms. The predicted molar refractivity (Wildman–Crippen MR) is 61.4 cm³/mol. The molecule has 1 saturated heterocycles. The zero-order valence-electron chi connectivity index (χ0n) is 10.1. The fourth-order valence-corrected chi connectivity index (χ4v) is 1.90. The van der Waals surface area contributed by atoms with Crippen LogP contribution in [0.25, 0.3) is 0 Å². The van der Waals surface area contributed by atoms with Gasteiger partial charge in [-0.2, -0.15) is 13.2 Å². The maximum absolute atomic E-state index is 12.5. The van der Waals surface area contributed by atoms with Crippen molar-refractivity contribution in [1.29, 1.82) is 0 Å². The van der Waals surface area contributed by atoms with Crippen molar-refractivity contribution in [3.63, 3.8) is 0 Å². The molecular formula is C13H13F3NO2. The van der Waals surface area contributed by atoms with Crippen molar-refractivity contribution in [3.05, 3.63) is 35.9 Å². The molecule has 103 valence electrons. The molecule has 1 radical (unpaired) electrons. The van der Waals surface area contributed by atoms with Gasteiger partial charge in [0.25, 0.3) is 0 Å². The summed E-state index contributed by atoms with van der Waals surface area (Å²) in [4.78, 5) is 13.1. The molecule has 0 aliphatic carbocycles. The fourth-order valence-electron chi connectivity index (χ4n) is 1.90. The molecule has 19 heavy (non-hydrogen) atoms. The molecule has 2 rings (SSSR count). The van der Waals surface area contributed by atoms with E-state index < -0.39 is 18.8 Å². The summed E-state index contributed by atoms with van der Waals surface area (Å²) in [5, 5.41) is 0. The van der Waals surface area contributed by atoms with Gasteiger partial charge in [-0.3, -0.25) is 4.79 Å². The monoisotopic (exact) mass is 272 g/mol. The summed E-state index contributed by atoms with van der Waals surface area (Å²) in [6, 6.07) is 9.66. The topological polar surface area (TPSA) is 29.5 Å². The minimum atomic E-state index is -4.43. The Bertz CT molecular complexity index is 433.